The molecule has 1 aromatic heterocycles. The zero-order chi connectivity index (χ0) is 17.4. The molecule has 3 heterocycles. The summed E-state index contributed by atoms with van der Waals surface area (Å²) in [4.78, 5) is 24.8. The fourth-order valence-electron chi connectivity index (χ4n) is 3.00. The Labute approximate surface area is 148 Å². The predicted octanol–water partition coefficient (Wildman–Crippen LogP) is 0.693. The van der Waals surface area contributed by atoms with Crippen molar-refractivity contribution in [2.45, 2.75) is 25.9 Å². The van der Waals surface area contributed by atoms with Crippen LogP contribution in [0.4, 0.5) is 0 Å². The number of hydrogen-bond donors (Lipinski definition) is 1. The van der Waals surface area contributed by atoms with Crippen molar-refractivity contribution in [2.24, 2.45) is 0 Å². The minimum absolute atomic E-state index is 0.0849. The normalized spacial score (nSPS) is 18.5. The molecule has 1 N–H and O–H groups in total. The molecule has 0 aliphatic carbocycles. The second kappa shape index (κ2) is 6.47. The van der Waals surface area contributed by atoms with E-state index in [2.05, 4.69) is 10.4 Å². The Balaban J connectivity index is 1.56. The number of rotatable bonds is 4. The van der Waals surface area contributed by atoms with Crippen LogP contribution in [0.25, 0.3) is 5.69 Å². The number of nitrogens with zero attached hydrogens (tertiary/aromatic N) is 3. The van der Waals surface area contributed by atoms with Gasteiger partial charge in [-0.25, -0.2) is 14.0 Å². The molecule has 1 aromatic carbocycles. The fraction of sp³-hybridized carbons (Fsp3) is 0.438. The molecule has 2 aliphatic rings. The van der Waals surface area contributed by atoms with Crippen LogP contribution in [0.3, 0.4) is 0 Å². The summed E-state index contributed by atoms with van der Waals surface area (Å²) in [6.07, 6.45) is 0.968. The van der Waals surface area contributed by atoms with Crippen molar-refractivity contribution in [3.63, 3.8) is 0 Å². The quantitative estimate of drug-likeness (QED) is 0.861. The molecule has 9 heteroatoms. The standard InChI is InChI=1S/C16H18N4O4S/c1-10-18-19(7-15(21)17-11-4-5-25-8-11)16(22)20(10)12-2-3-13-14(6-12)24-9-23-13/h2-3,6,11H,4-5,7-9H2,1H3,(H,17,21). The predicted molar refractivity (Wildman–Crippen MR) is 92.6 cm³/mol. The van der Waals surface area contributed by atoms with Crippen LogP contribution in [0, 0.1) is 6.92 Å². The van der Waals surface area contributed by atoms with Gasteiger partial charge in [0.25, 0.3) is 0 Å². The molecular weight excluding hydrogens is 344 g/mol. The van der Waals surface area contributed by atoms with Gasteiger partial charge in [-0.2, -0.15) is 16.9 Å². The number of carbonyl (C=O) groups is 1. The third-order valence-electron chi connectivity index (χ3n) is 4.20. The van der Waals surface area contributed by atoms with E-state index in [4.69, 9.17) is 9.47 Å². The van der Waals surface area contributed by atoms with Crippen LogP contribution in [-0.4, -0.2) is 44.6 Å². The summed E-state index contributed by atoms with van der Waals surface area (Å²) in [7, 11) is 0. The maximum Gasteiger partial charge on any atom is 0.351 e. The lowest BCUT2D eigenvalue weighted by Gasteiger charge is -2.10. The summed E-state index contributed by atoms with van der Waals surface area (Å²) in [5.74, 6) is 3.54. The minimum atomic E-state index is -0.354. The van der Waals surface area contributed by atoms with E-state index in [9.17, 15) is 9.59 Å². The number of carbonyl (C=O) groups excluding carboxylic acids is 1. The van der Waals surface area contributed by atoms with E-state index in [0.717, 1.165) is 17.9 Å². The van der Waals surface area contributed by atoms with Crippen LogP contribution in [0.15, 0.2) is 23.0 Å². The summed E-state index contributed by atoms with van der Waals surface area (Å²) in [5, 5.41) is 7.18. The van der Waals surface area contributed by atoms with Crippen molar-refractivity contribution >= 4 is 17.7 Å². The summed E-state index contributed by atoms with van der Waals surface area (Å²) >= 11 is 1.82. The van der Waals surface area contributed by atoms with Gasteiger partial charge in [-0.3, -0.25) is 4.79 Å². The van der Waals surface area contributed by atoms with Gasteiger partial charge in [0.1, 0.15) is 12.4 Å². The molecule has 0 bridgehead atoms. The van der Waals surface area contributed by atoms with Gasteiger partial charge >= 0.3 is 5.69 Å². The second-order valence-corrected chi connectivity index (χ2v) is 7.14. The molecule has 0 radical (unpaired) electrons. The van der Waals surface area contributed by atoms with Gasteiger partial charge in [-0.15, -0.1) is 0 Å². The first kappa shape index (κ1) is 16.1. The lowest BCUT2D eigenvalue weighted by atomic mass is 10.2. The monoisotopic (exact) mass is 362 g/mol. The molecule has 2 aliphatic heterocycles. The molecular formula is C16H18N4O4S. The maximum atomic E-state index is 12.7. The molecule has 1 saturated heterocycles. The highest BCUT2D eigenvalue weighted by Gasteiger charge is 2.21. The van der Waals surface area contributed by atoms with Crippen molar-refractivity contribution in [1.29, 1.82) is 0 Å². The summed E-state index contributed by atoms with van der Waals surface area (Å²) in [5.41, 5.74) is 0.276. The topological polar surface area (TPSA) is 87.4 Å². The maximum absolute atomic E-state index is 12.7. The van der Waals surface area contributed by atoms with Crippen molar-refractivity contribution in [2.75, 3.05) is 18.3 Å². The van der Waals surface area contributed by atoms with Gasteiger partial charge in [-0.1, -0.05) is 0 Å². The van der Waals surface area contributed by atoms with E-state index in [1.54, 1.807) is 25.1 Å². The van der Waals surface area contributed by atoms with Gasteiger partial charge in [-0.05, 0) is 31.2 Å². The van der Waals surface area contributed by atoms with Crippen molar-refractivity contribution in [3.05, 3.63) is 34.5 Å². The molecule has 8 nitrogen and oxygen atoms in total. The zero-order valence-corrected chi connectivity index (χ0v) is 14.5. The van der Waals surface area contributed by atoms with Crippen LogP contribution >= 0.6 is 11.8 Å². The SMILES string of the molecule is Cc1nn(CC(=O)NC2CCSC2)c(=O)n1-c1ccc2c(c1)OCO2. The molecule has 1 unspecified atom stereocenters. The Bertz CT molecular complexity index is 870. The van der Waals surface area contributed by atoms with E-state index in [1.165, 1.54) is 9.25 Å². The molecule has 1 fully saturated rings. The molecule has 132 valence electrons. The van der Waals surface area contributed by atoms with Crippen LogP contribution in [0.5, 0.6) is 11.5 Å². The third kappa shape index (κ3) is 3.11. The summed E-state index contributed by atoms with van der Waals surface area (Å²) in [6, 6.07) is 5.44. The minimum Gasteiger partial charge on any atom is -0.454 e. The summed E-state index contributed by atoms with van der Waals surface area (Å²) in [6.45, 7) is 1.82. The fourth-order valence-corrected chi connectivity index (χ4v) is 4.15. The molecule has 0 saturated carbocycles. The van der Waals surface area contributed by atoms with E-state index >= 15 is 0 Å². The van der Waals surface area contributed by atoms with E-state index < -0.39 is 0 Å². The van der Waals surface area contributed by atoms with E-state index in [-0.39, 0.29) is 31.0 Å². The first-order valence-electron chi connectivity index (χ1n) is 8.05. The van der Waals surface area contributed by atoms with Crippen LogP contribution in [-0.2, 0) is 11.3 Å². The van der Waals surface area contributed by atoms with Crippen LogP contribution in [0.1, 0.15) is 12.2 Å². The summed E-state index contributed by atoms with van der Waals surface area (Å²) < 4.78 is 13.3. The first-order chi connectivity index (χ1) is 12.1. The Morgan fingerprint density at radius 3 is 3.04 bits per heavy atom. The van der Waals surface area contributed by atoms with Gasteiger partial charge in [0, 0.05) is 17.9 Å². The molecule has 2 aromatic rings. The van der Waals surface area contributed by atoms with Crippen LogP contribution < -0.4 is 20.5 Å². The van der Waals surface area contributed by atoms with Crippen molar-refractivity contribution < 1.29 is 14.3 Å². The number of amides is 1. The average molecular weight is 362 g/mol. The van der Waals surface area contributed by atoms with Gasteiger partial charge in [0.05, 0.1) is 5.69 Å². The number of hydrogen-bond acceptors (Lipinski definition) is 6. The molecule has 4 rings (SSSR count). The number of aromatic nitrogens is 3. The number of ether oxygens (including phenoxy) is 2. The van der Waals surface area contributed by atoms with E-state index in [1.807, 2.05) is 11.8 Å². The van der Waals surface area contributed by atoms with Crippen molar-refractivity contribution in [3.8, 4) is 17.2 Å². The Morgan fingerprint density at radius 1 is 1.40 bits per heavy atom. The Kier molecular flexibility index (Phi) is 4.16. The lowest BCUT2D eigenvalue weighted by molar-refractivity contribution is -0.122. The van der Waals surface area contributed by atoms with Gasteiger partial charge in [0.2, 0.25) is 12.7 Å². The smallest absolute Gasteiger partial charge is 0.351 e. The largest absolute Gasteiger partial charge is 0.454 e. The molecule has 1 amide bonds. The first-order valence-corrected chi connectivity index (χ1v) is 9.21. The zero-order valence-electron chi connectivity index (χ0n) is 13.7. The van der Waals surface area contributed by atoms with Crippen LogP contribution in [0.2, 0.25) is 0 Å². The average Bonchev–Trinajstić information content (AvgIpc) is 3.29. The Hall–Kier alpha value is -2.42. The second-order valence-electron chi connectivity index (χ2n) is 5.99. The third-order valence-corrected chi connectivity index (χ3v) is 5.37. The Morgan fingerprint density at radius 2 is 2.24 bits per heavy atom. The lowest BCUT2D eigenvalue weighted by Crippen LogP contribution is -2.39. The molecule has 25 heavy (non-hydrogen) atoms. The highest BCUT2D eigenvalue weighted by atomic mass is 32.2. The number of thioether (sulfide) groups is 1. The van der Waals surface area contributed by atoms with E-state index in [0.29, 0.717) is 23.0 Å². The number of fused-ring (bicyclic) bond motifs is 1. The number of benzene rings is 1. The highest BCUT2D eigenvalue weighted by Crippen LogP contribution is 2.33. The number of nitrogens with one attached hydrogen (secondary N) is 1. The molecule has 0 spiro atoms. The molecule has 1 atom stereocenters. The van der Waals surface area contributed by atoms with Crippen molar-refractivity contribution in [1.82, 2.24) is 19.7 Å². The highest BCUT2D eigenvalue weighted by molar-refractivity contribution is 7.99. The number of aryl methyl sites for hydroxylation is 1. The van der Waals surface area contributed by atoms with Gasteiger partial charge in [0.15, 0.2) is 11.5 Å². The van der Waals surface area contributed by atoms with Gasteiger partial charge < -0.3 is 14.8 Å².